The van der Waals surface area contributed by atoms with Gasteiger partial charge in [0.25, 0.3) is 0 Å². The van der Waals surface area contributed by atoms with E-state index in [1.54, 1.807) is 12.0 Å². The lowest BCUT2D eigenvalue weighted by Gasteiger charge is -2.25. The molecule has 0 fully saturated rings. The van der Waals surface area contributed by atoms with Crippen molar-refractivity contribution >= 4 is 5.91 Å². The highest BCUT2D eigenvalue weighted by molar-refractivity contribution is 5.78. The largest absolute Gasteiger partial charge is 0.383 e. The van der Waals surface area contributed by atoms with Gasteiger partial charge in [-0.15, -0.1) is 0 Å². The topological polar surface area (TPSA) is 41.6 Å². The summed E-state index contributed by atoms with van der Waals surface area (Å²) in [5, 5.41) is 3.08. The van der Waals surface area contributed by atoms with Crippen LogP contribution in [0.25, 0.3) is 0 Å². The number of carbonyl (C=O) groups excluding carboxylic acids is 1. The maximum Gasteiger partial charge on any atom is 0.236 e. The van der Waals surface area contributed by atoms with Crippen molar-refractivity contribution in [2.75, 3.05) is 33.9 Å². The lowest BCUT2D eigenvalue weighted by atomic mass is 10.0. The van der Waals surface area contributed by atoms with E-state index in [-0.39, 0.29) is 11.9 Å². The molecule has 112 valence electrons. The molecule has 0 aliphatic rings. The number of hydrogen-bond donors (Lipinski definition) is 1. The zero-order valence-electron chi connectivity index (χ0n) is 13.0. The number of hydrogen-bond acceptors (Lipinski definition) is 3. The van der Waals surface area contributed by atoms with Crippen molar-refractivity contribution in [3.8, 4) is 0 Å². The number of likely N-dealkylation sites (N-methyl/N-ethyl adjacent to an activating group) is 1. The Hall–Kier alpha value is -1.39. The summed E-state index contributed by atoms with van der Waals surface area (Å²) in [5.74, 6) is 0.112. The standard InChI is InChI=1S/C16H26N2O2/c1-13-5-7-15(8-6-13)11-14(2)18(3)16(19)12-17-9-10-20-4/h5-8,14,17H,9-12H2,1-4H3. The minimum atomic E-state index is 0.112. The third kappa shape index (κ3) is 5.72. The average molecular weight is 278 g/mol. The van der Waals surface area contributed by atoms with E-state index < -0.39 is 0 Å². The first kappa shape index (κ1) is 16.7. The van der Waals surface area contributed by atoms with Crippen LogP contribution in [0.3, 0.4) is 0 Å². The van der Waals surface area contributed by atoms with Crippen LogP contribution in [0.15, 0.2) is 24.3 Å². The van der Waals surface area contributed by atoms with E-state index in [4.69, 9.17) is 4.74 Å². The van der Waals surface area contributed by atoms with Crippen molar-refractivity contribution in [3.05, 3.63) is 35.4 Å². The van der Waals surface area contributed by atoms with Gasteiger partial charge in [0, 0.05) is 26.7 Å². The van der Waals surface area contributed by atoms with E-state index in [1.807, 2.05) is 7.05 Å². The maximum absolute atomic E-state index is 12.0. The van der Waals surface area contributed by atoms with Gasteiger partial charge in [-0.3, -0.25) is 4.79 Å². The van der Waals surface area contributed by atoms with E-state index in [0.29, 0.717) is 19.7 Å². The summed E-state index contributed by atoms with van der Waals surface area (Å²) in [6.45, 7) is 5.83. The molecule has 4 heteroatoms. The Labute approximate surface area is 122 Å². The van der Waals surface area contributed by atoms with Gasteiger partial charge < -0.3 is 15.0 Å². The third-order valence-electron chi connectivity index (χ3n) is 3.47. The van der Waals surface area contributed by atoms with E-state index in [9.17, 15) is 4.79 Å². The predicted octanol–water partition coefficient (Wildman–Crippen LogP) is 1.62. The Morgan fingerprint density at radius 1 is 1.35 bits per heavy atom. The van der Waals surface area contributed by atoms with Crippen LogP contribution in [0.1, 0.15) is 18.1 Å². The second-order valence-corrected chi connectivity index (χ2v) is 5.21. The molecule has 0 aromatic heterocycles. The van der Waals surface area contributed by atoms with Crippen LogP contribution in [0, 0.1) is 6.92 Å². The number of ether oxygens (including phenoxy) is 1. The van der Waals surface area contributed by atoms with Crippen LogP contribution in [0.5, 0.6) is 0 Å². The monoisotopic (exact) mass is 278 g/mol. The highest BCUT2D eigenvalue weighted by Gasteiger charge is 2.15. The van der Waals surface area contributed by atoms with Crippen molar-refractivity contribution < 1.29 is 9.53 Å². The number of aryl methyl sites for hydroxylation is 1. The van der Waals surface area contributed by atoms with Crippen molar-refractivity contribution in [1.82, 2.24) is 10.2 Å². The summed E-state index contributed by atoms with van der Waals surface area (Å²) >= 11 is 0. The van der Waals surface area contributed by atoms with Crippen LogP contribution in [-0.4, -0.2) is 50.7 Å². The van der Waals surface area contributed by atoms with Gasteiger partial charge in [0.15, 0.2) is 0 Å². The molecule has 0 bridgehead atoms. The molecule has 0 aliphatic carbocycles. The SMILES string of the molecule is COCCNCC(=O)N(C)C(C)Cc1ccc(C)cc1. The zero-order chi connectivity index (χ0) is 15.0. The normalized spacial score (nSPS) is 12.2. The predicted molar refractivity (Wildman–Crippen MR) is 81.9 cm³/mol. The molecule has 0 radical (unpaired) electrons. The number of nitrogens with zero attached hydrogens (tertiary/aromatic N) is 1. The molecule has 1 aromatic rings. The van der Waals surface area contributed by atoms with Crippen molar-refractivity contribution in [3.63, 3.8) is 0 Å². The molecule has 0 saturated carbocycles. The van der Waals surface area contributed by atoms with E-state index in [0.717, 1.165) is 6.42 Å². The molecule has 1 unspecified atom stereocenters. The van der Waals surface area contributed by atoms with Crippen LogP contribution in [0.2, 0.25) is 0 Å². The average Bonchev–Trinajstić information content (AvgIpc) is 2.45. The minimum absolute atomic E-state index is 0.112. The first-order chi connectivity index (χ1) is 9.54. The number of methoxy groups -OCH3 is 1. The van der Waals surface area contributed by atoms with Gasteiger partial charge in [0.05, 0.1) is 13.2 Å². The number of benzene rings is 1. The van der Waals surface area contributed by atoms with E-state index in [2.05, 4.69) is 43.4 Å². The summed E-state index contributed by atoms with van der Waals surface area (Å²) in [6.07, 6.45) is 0.876. The van der Waals surface area contributed by atoms with E-state index >= 15 is 0 Å². The van der Waals surface area contributed by atoms with Crippen LogP contribution in [-0.2, 0) is 16.0 Å². The molecule has 1 amide bonds. The summed E-state index contributed by atoms with van der Waals surface area (Å²) in [4.78, 5) is 13.8. The smallest absolute Gasteiger partial charge is 0.236 e. The fourth-order valence-corrected chi connectivity index (χ4v) is 1.94. The van der Waals surface area contributed by atoms with Gasteiger partial charge >= 0.3 is 0 Å². The first-order valence-electron chi connectivity index (χ1n) is 7.05. The van der Waals surface area contributed by atoms with Crippen LogP contribution in [0.4, 0.5) is 0 Å². The molecule has 1 rings (SSSR count). The lowest BCUT2D eigenvalue weighted by Crippen LogP contribution is -2.42. The van der Waals surface area contributed by atoms with Crippen molar-refractivity contribution in [2.24, 2.45) is 0 Å². The Bertz CT molecular complexity index is 403. The fourth-order valence-electron chi connectivity index (χ4n) is 1.94. The molecule has 0 aliphatic heterocycles. The van der Waals surface area contributed by atoms with Crippen LogP contribution < -0.4 is 5.32 Å². The molecular formula is C16H26N2O2. The maximum atomic E-state index is 12.0. The van der Waals surface area contributed by atoms with Gasteiger partial charge in [0.1, 0.15) is 0 Å². The number of nitrogens with one attached hydrogen (secondary N) is 1. The highest BCUT2D eigenvalue weighted by Crippen LogP contribution is 2.09. The Morgan fingerprint density at radius 2 is 2.00 bits per heavy atom. The summed E-state index contributed by atoms with van der Waals surface area (Å²) in [7, 11) is 3.51. The fraction of sp³-hybridized carbons (Fsp3) is 0.562. The highest BCUT2D eigenvalue weighted by atomic mass is 16.5. The van der Waals surface area contributed by atoms with Gasteiger partial charge in [-0.05, 0) is 25.8 Å². The van der Waals surface area contributed by atoms with Crippen molar-refractivity contribution in [1.29, 1.82) is 0 Å². The van der Waals surface area contributed by atoms with Crippen LogP contribution >= 0.6 is 0 Å². The molecule has 0 heterocycles. The first-order valence-corrected chi connectivity index (χ1v) is 7.05. The van der Waals surface area contributed by atoms with Gasteiger partial charge in [-0.2, -0.15) is 0 Å². The third-order valence-corrected chi connectivity index (χ3v) is 3.47. The number of carbonyl (C=O) groups is 1. The quantitative estimate of drug-likeness (QED) is 0.735. The zero-order valence-corrected chi connectivity index (χ0v) is 13.0. The second-order valence-electron chi connectivity index (χ2n) is 5.21. The molecule has 0 spiro atoms. The van der Waals surface area contributed by atoms with Gasteiger partial charge in [-0.1, -0.05) is 29.8 Å². The molecule has 1 aromatic carbocycles. The molecule has 0 saturated heterocycles. The molecule has 1 N–H and O–H groups in total. The molecule has 4 nitrogen and oxygen atoms in total. The molecule has 20 heavy (non-hydrogen) atoms. The Kier molecular flexibility index (Phi) is 7.26. The summed E-state index contributed by atoms with van der Waals surface area (Å²) < 4.78 is 4.93. The van der Waals surface area contributed by atoms with Gasteiger partial charge in [-0.25, -0.2) is 0 Å². The van der Waals surface area contributed by atoms with Crippen molar-refractivity contribution in [2.45, 2.75) is 26.3 Å². The Balaban J connectivity index is 2.39. The lowest BCUT2D eigenvalue weighted by molar-refractivity contribution is -0.130. The minimum Gasteiger partial charge on any atom is -0.383 e. The summed E-state index contributed by atoms with van der Waals surface area (Å²) in [6, 6.07) is 8.66. The molecular weight excluding hydrogens is 252 g/mol. The second kappa shape index (κ2) is 8.72. The Morgan fingerprint density at radius 3 is 2.60 bits per heavy atom. The van der Waals surface area contributed by atoms with E-state index in [1.165, 1.54) is 11.1 Å². The number of amides is 1. The molecule has 1 atom stereocenters. The van der Waals surface area contributed by atoms with Gasteiger partial charge in [0.2, 0.25) is 5.91 Å². The number of rotatable bonds is 8. The summed E-state index contributed by atoms with van der Waals surface area (Å²) in [5.41, 5.74) is 2.52.